The SMILES string of the molecule is CCC(C)OC(=O)OC(C)CC(c1ccc(OC(=O)C(C)CC)c(OC(=O)C(C)CC)c1)[C@H](N)C(=O)O. The topological polar surface area (TPSA) is 151 Å². The Labute approximate surface area is 218 Å². The monoisotopic (exact) mass is 523 g/mol. The van der Waals surface area contributed by atoms with E-state index in [4.69, 9.17) is 24.7 Å². The van der Waals surface area contributed by atoms with Gasteiger partial charge in [0.1, 0.15) is 18.2 Å². The van der Waals surface area contributed by atoms with Crippen LogP contribution in [0.5, 0.6) is 11.5 Å². The summed E-state index contributed by atoms with van der Waals surface area (Å²) in [5.41, 5.74) is 6.42. The van der Waals surface area contributed by atoms with Gasteiger partial charge >= 0.3 is 24.1 Å². The number of benzene rings is 1. The highest BCUT2D eigenvalue weighted by atomic mass is 16.7. The van der Waals surface area contributed by atoms with Crippen LogP contribution in [0.3, 0.4) is 0 Å². The zero-order valence-electron chi connectivity index (χ0n) is 22.8. The molecule has 1 aromatic rings. The first-order valence-corrected chi connectivity index (χ1v) is 12.8. The van der Waals surface area contributed by atoms with Crippen molar-refractivity contribution in [3.05, 3.63) is 23.8 Å². The van der Waals surface area contributed by atoms with Crippen LogP contribution >= 0.6 is 0 Å². The van der Waals surface area contributed by atoms with E-state index in [9.17, 15) is 24.3 Å². The minimum Gasteiger partial charge on any atom is -0.480 e. The van der Waals surface area contributed by atoms with Crippen LogP contribution in [-0.2, 0) is 23.9 Å². The number of carboxylic acid groups (broad SMARTS) is 1. The molecule has 37 heavy (non-hydrogen) atoms. The predicted octanol–water partition coefficient (Wildman–Crippen LogP) is 4.82. The summed E-state index contributed by atoms with van der Waals surface area (Å²) < 4.78 is 21.5. The van der Waals surface area contributed by atoms with Crippen LogP contribution in [0.2, 0.25) is 0 Å². The van der Waals surface area contributed by atoms with Gasteiger partial charge in [0, 0.05) is 5.92 Å². The van der Waals surface area contributed by atoms with Crippen molar-refractivity contribution in [2.75, 3.05) is 0 Å². The predicted molar refractivity (Wildman–Crippen MR) is 136 cm³/mol. The summed E-state index contributed by atoms with van der Waals surface area (Å²) in [5.74, 6) is -3.88. The number of rotatable bonds is 14. The smallest absolute Gasteiger partial charge is 0.480 e. The molecule has 10 nitrogen and oxygen atoms in total. The largest absolute Gasteiger partial charge is 0.508 e. The van der Waals surface area contributed by atoms with E-state index in [1.165, 1.54) is 12.1 Å². The zero-order valence-corrected chi connectivity index (χ0v) is 22.8. The fourth-order valence-corrected chi connectivity index (χ4v) is 3.18. The molecule has 10 heteroatoms. The fourth-order valence-electron chi connectivity index (χ4n) is 3.18. The normalized spacial score (nSPS) is 15.9. The van der Waals surface area contributed by atoms with Gasteiger partial charge < -0.3 is 29.8 Å². The van der Waals surface area contributed by atoms with Crippen molar-refractivity contribution in [2.24, 2.45) is 17.6 Å². The van der Waals surface area contributed by atoms with Crippen LogP contribution in [0.25, 0.3) is 0 Å². The van der Waals surface area contributed by atoms with E-state index in [2.05, 4.69) is 0 Å². The van der Waals surface area contributed by atoms with Gasteiger partial charge in [0.15, 0.2) is 11.5 Å². The molecular weight excluding hydrogens is 482 g/mol. The highest BCUT2D eigenvalue weighted by Gasteiger charge is 2.31. The van der Waals surface area contributed by atoms with Gasteiger partial charge in [-0.1, -0.05) is 40.7 Å². The quantitative estimate of drug-likeness (QED) is 0.256. The van der Waals surface area contributed by atoms with Crippen LogP contribution in [-0.4, -0.2) is 47.4 Å². The van der Waals surface area contributed by atoms with Crippen molar-refractivity contribution in [1.82, 2.24) is 0 Å². The van der Waals surface area contributed by atoms with Gasteiger partial charge in [0.2, 0.25) is 0 Å². The lowest BCUT2D eigenvalue weighted by molar-refractivity contribution is -0.141. The lowest BCUT2D eigenvalue weighted by Crippen LogP contribution is -2.38. The minimum absolute atomic E-state index is 0.0215. The lowest BCUT2D eigenvalue weighted by atomic mass is 9.87. The van der Waals surface area contributed by atoms with Crippen molar-refractivity contribution < 1.29 is 43.2 Å². The van der Waals surface area contributed by atoms with E-state index in [-0.39, 0.29) is 29.9 Å². The number of hydrogen-bond acceptors (Lipinski definition) is 9. The van der Waals surface area contributed by atoms with Gasteiger partial charge in [0.05, 0.1) is 11.8 Å². The molecule has 208 valence electrons. The molecule has 0 fully saturated rings. The molecular formula is C27H41NO9. The van der Waals surface area contributed by atoms with Gasteiger partial charge in [-0.2, -0.15) is 0 Å². The summed E-state index contributed by atoms with van der Waals surface area (Å²) in [6.45, 7) is 12.3. The summed E-state index contributed by atoms with van der Waals surface area (Å²) in [5, 5.41) is 9.63. The summed E-state index contributed by atoms with van der Waals surface area (Å²) in [7, 11) is 0. The lowest BCUT2D eigenvalue weighted by Gasteiger charge is -2.25. The number of hydrogen-bond donors (Lipinski definition) is 2. The summed E-state index contributed by atoms with van der Waals surface area (Å²) in [6.07, 6.45) is -0.165. The first-order valence-electron chi connectivity index (χ1n) is 12.8. The Morgan fingerprint density at radius 1 is 0.811 bits per heavy atom. The van der Waals surface area contributed by atoms with Crippen molar-refractivity contribution in [1.29, 1.82) is 0 Å². The Morgan fingerprint density at radius 3 is 1.81 bits per heavy atom. The van der Waals surface area contributed by atoms with Crippen LogP contribution < -0.4 is 15.2 Å². The van der Waals surface area contributed by atoms with Gasteiger partial charge in [-0.15, -0.1) is 0 Å². The van der Waals surface area contributed by atoms with Crippen LogP contribution in [0.15, 0.2) is 18.2 Å². The van der Waals surface area contributed by atoms with Crippen LogP contribution in [0, 0.1) is 11.8 Å². The van der Waals surface area contributed by atoms with E-state index in [1.54, 1.807) is 33.8 Å². The third kappa shape index (κ3) is 10.0. The molecule has 1 rings (SSSR count). The second-order valence-corrected chi connectivity index (χ2v) is 9.39. The summed E-state index contributed by atoms with van der Waals surface area (Å²) in [6, 6.07) is 3.08. The number of aliphatic carboxylic acids is 1. The molecule has 0 saturated carbocycles. The van der Waals surface area contributed by atoms with Crippen molar-refractivity contribution >= 4 is 24.1 Å². The Kier molecular flexibility index (Phi) is 13.1. The number of carboxylic acids is 1. The number of carbonyl (C=O) groups is 4. The third-order valence-corrected chi connectivity index (χ3v) is 6.32. The molecule has 0 aromatic heterocycles. The van der Waals surface area contributed by atoms with E-state index < -0.39 is 48.0 Å². The second-order valence-electron chi connectivity index (χ2n) is 9.39. The Bertz CT molecular complexity index is 932. The van der Waals surface area contributed by atoms with E-state index in [1.807, 2.05) is 20.8 Å². The number of esters is 2. The Morgan fingerprint density at radius 2 is 1.32 bits per heavy atom. The molecule has 0 saturated heterocycles. The van der Waals surface area contributed by atoms with E-state index >= 15 is 0 Å². The highest BCUT2D eigenvalue weighted by Crippen LogP contribution is 2.35. The zero-order chi connectivity index (χ0) is 28.3. The maximum Gasteiger partial charge on any atom is 0.508 e. The fraction of sp³-hybridized carbons (Fsp3) is 0.630. The molecule has 6 atom stereocenters. The van der Waals surface area contributed by atoms with Gasteiger partial charge in [-0.25, -0.2) is 4.79 Å². The van der Waals surface area contributed by atoms with E-state index in [0.29, 0.717) is 24.8 Å². The molecule has 0 bridgehead atoms. The van der Waals surface area contributed by atoms with E-state index in [0.717, 1.165) is 0 Å². The standard InChI is InChI=1S/C27H41NO9/c1-8-15(4)25(31)36-21-12-11-19(14-22(21)37-26(32)16(5)9-2)20(23(28)24(29)30)13-18(7)35-27(33)34-17(6)10-3/h11-12,14-18,20,23H,8-10,13,28H2,1-7H3,(H,29,30)/t15?,16?,17?,18?,20?,23-/m0/s1. The summed E-state index contributed by atoms with van der Waals surface area (Å²) >= 11 is 0. The second kappa shape index (κ2) is 15.2. The minimum atomic E-state index is -1.36. The molecule has 0 aliphatic heterocycles. The number of carbonyl (C=O) groups excluding carboxylic acids is 3. The molecule has 0 spiro atoms. The van der Waals surface area contributed by atoms with Crippen LogP contribution in [0.4, 0.5) is 4.79 Å². The van der Waals surface area contributed by atoms with Crippen molar-refractivity contribution in [3.63, 3.8) is 0 Å². The average molecular weight is 524 g/mol. The molecule has 0 aliphatic carbocycles. The molecule has 5 unspecified atom stereocenters. The Balaban J connectivity index is 3.35. The molecule has 0 amide bonds. The van der Waals surface area contributed by atoms with Gasteiger partial charge in [0.25, 0.3) is 0 Å². The number of ether oxygens (including phenoxy) is 4. The maximum absolute atomic E-state index is 12.6. The Hall–Kier alpha value is -3.14. The number of nitrogens with two attached hydrogens (primary N) is 1. The first-order chi connectivity index (χ1) is 17.3. The summed E-state index contributed by atoms with van der Waals surface area (Å²) in [4.78, 5) is 48.8. The molecule has 3 N–H and O–H groups in total. The third-order valence-electron chi connectivity index (χ3n) is 6.32. The van der Waals surface area contributed by atoms with Crippen molar-refractivity contribution in [3.8, 4) is 11.5 Å². The highest BCUT2D eigenvalue weighted by molar-refractivity contribution is 5.79. The molecule has 0 heterocycles. The van der Waals surface area contributed by atoms with Gasteiger partial charge in [-0.3, -0.25) is 14.4 Å². The van der Waals surface area contributed by atoms with Crippen LogP contribution in [0.1, 0.15) is 85.6 Å². The van der Waals surface area contributed by atoms with Crippen molar-refractivity contribution in [2.45, 2.75) is 98.3 Å². The molecule has 0 aliphatic rings. The molecule has 0 radical (unpaired) electrons. The maximum atomic E-state index is 12.6. The average Bonchev–Trinajstić information content (AvgIpc) is 2.86. The molecule has 1 aromatic carbocycles. The van der Waals surface area contributed by atoms with Gasteiger partial charge in [-0.05, 0) is 57.2 Å². The first kappa shape index (κ1) is 31.9.